The first-order valence-electron chi connectivity index (χ1n) is 7.11. The molecule has 0 atom stereocenters. The lowest BCUT2D eigenvalue weighted by Crippen LogP contribution is -2.37. The second-order valence-corrected chi connectivity index (χ2v) is 7.67. The second-order valence-electron chi connectivity index (χ2n) is 5.35. The fourth-order valence-corrected chi connectivity index (χ4v) is 3.99. The molecule has 1 N–H and O–H groups in total. The van der Waals surface area contributed by atoms with Gasteiger partial charge < -0.3 is 5.32 Å². The molecule has 5 nitrogen and oxygen atoms in total. The zero-order valence-electron chi connectivity index (χ0n) is 12.9. The molecule has 0 bridgehead atoms. The van der Waals surface area contributed by atoms with E-state index in [1.54, 1.807) is 6.07 Å². The van der Waals surface area contributed by atoms with Crippen molar-refractivity contribution < 1.29 is 14.4 Å². The Morgan fingerprint density at radius 3 is 1.70 bits per heavy atom. The Kier molecular flexibility index (Phi) is 5.82. The van der Waals surface area contributed by atoms with Crippen molar-refractivity contribution in [1.82, 2.24) is 4.90 Å². The van der Waals surface area contributed by atoms with E-state index >= 15 is 0 Å². The number of rotatable bonds is 3. The average molecular weight is 487 g/mol. The molecule has 0 spiro atoms. The Morgan fingerprint density at radius 2 is 1.26 bits per heavy atom. The maximum Gasteiger partial charge on any atom is 0.263 e. The van der Waals surface area contributed by atoms with Crippen LogP contribution in [0.1, 0.15) is 20.7 Å². The first kappa shape index (κ1) is 20.5. The molecule has 2 aromatic rings. The summed E-state index contributed by atoms with van der Waals surface area (Å²) < 4.78 is 0. The fourth-order valence-electron chi connectivity index (χ4n) is 2.48. The van der Waals surface area contributed by atoms with Gasteiger partial charge in [-0.1, -0.05) is 75.7 Å². The third-order valence-corrected chi connectivity index (χ3v) is 6.15. The highest BCUT2D eigenvalue weighted by atomic mass is 35.5. The summed E-state index contributed by atoms with van der Waals surface area (Å²) >= 11 is 35.9. The van der Waals surface area contributed by atoms with Crippen molar-refractivity contribution in [3.8, 4) is 0 Å². The number of nitrogens with zero attached hydrogens (tertiary/aromatic N) is 1. The van der Waals surface area contributed by atoms with E-state index in [4.69, 9.17) is 69.6 Å². The lowest BCUT2D eigenvalue weighted by molar-refractivity contribution is -0.116. The van der Waals surface area contributed by atoms with Gasteiger partial charge in [-0.25, -0.2) is 0 Å². The topological polar surface area (TPSA) is 66.5 Å². The van der Waals surface area contributed by atoms with E-state index in [9.17, 15) is 14.4 Å². The van der Waals surface area contributed by atoms with Crippen molar-refractivity contribution in [3.63, 3.8) is 0 Å². The van der Waals surface area contributed by atoms with Gasteiger partial charge in [0.05, 0.1) is 47.0 Å². The van der Waals surface area contributed by atoms with Crippen LogP contribution in [0.2, 0.25) is 30.1 Å². The van der Waals surface area contributed by atoms with Gasteiger partial charge in [0.15, 0.2) is 0 Å². The number of hydrogen-bond acceptors (Lipinski definition) is 3. The highest BCUT2D eigenvalue weighted by Gasteiger charge is 2.42. The Morgan fingerprint density at radius 1 is 0.815 bits per heavy atom. The molecular formula is C16H6Cl6N2O3. The van der Waals surface area contributed by atoms with Gasteiger partial charge >= 0.3 is 0 Å². The van der Waals surface area contributed by atoms with Gasteiger partial charge in [-0.05, 0) is 12.1 Å². The van der Waals surface area contributed by atoms with Crippen LogP contribution in [0.3, 0.4) is 0 Å². The molecule has 11 heteroatoms. The summed E-state index contributed by atoms with van der Waals surface area (Å²) in [5.41, 5.74) is -0.251. The number of carbonyl (C=O) groups excluding carboxylic acids is 3. The maximum absolute atomic E-state index is 12.6. The monoisotopic (exact) mass is 484 g/mol. The summed E-state index contributed by atoms with van der Waals surface area (Å²) in [6, 6.07) is 4.64. The van der Waals surface area contributed by atoms with E-state index in [1.165, 1.54) is 12.1 Å². The number of benzene rings is 2. The SMILES string of the molecule is O=C(CN1C(=O)c2c(Cl)c(Cl)c(Cl)c(Cl)c2C1=O)Nc1c(Cl)cccc1Cl. The molecule has 0 fully saturated rings. The van der Waals surface area contributed by atoms with Crippen molar-refractivity contribution in [2.45, 2.75) is 0 Å². The molecule has 140 valence electrons. The third kappa shape index (κ3) is 3.48. The molecular weight excluding hydrogens is 481 g/mol. The molecule has 3 amide bonds. The highest BCUT2D eigenvalue weighted by Crippen LogP contribution is 2.44. The molecule has 0 unspecified atom stereocenters. The first-order valence-corrected chi connectivity index (χ1v) is 9.38. The second kappa shape index (κ2) is 7.66. The number of nitrogens with one attached hydrogen (secondary N) is 1. The number of imide groups is 1. The van der Waals surface area contributed by atoms with Gasteiger partial charge in [0.25, 0.3) is 11.8 Å². The number of carbonyl (C=O) groups is 3. The van der Waals surface area contributed by atoms with Gasteiger partial charge in [-0.15, -0.1) is 0 Å². The summed E-state index contributed by atoms with van der Waals surface area (Å²) in [4.78, 5) is 38.2. The average Bonchev–Trinajstić information content (AvgIpc) is 2.86. The van der Waals surface area contributed by atoms with Crippen molar-refractivity contribution in [2.75, 3.05) is 11.9 Å². The minimum absolute atomic E-state index is 0.155. The lowest BCUT2D eigenvalue weighted by Gasteiger charge is -2.15. The zero-order valence-corrected chi connectivity index (χ0v) is 17.4. The van der Waals surface area contributed by atoms with E-state index in [-0.39, 0.29) is 47.0 Å². The number of amides is 3. The summed E-state index contributed by atoms with van der Waals surface area (Å²) in [5, 5.41) is 2.12. The molecule has 0 aliphatic carbocycles. The normalized spacial score (nSPS) is 13.2. The van der Waals surface area contributed by atoms with E-state index in [0.717, 1.165) is 0 Å². The lowest BCUT2D eigenvalue weighted by atomic mass is 10.1. The van der Waals surface area contributed by atoms with Gasteiger partial charge in [0, 0.05) is 0 Å². The minimum atomic E-state index is -0.819. The standard InChI is InChI=1S/C16H6Cl6N2O3/c17-5-2-1-3-6(18)14(5)23-7(25)4-24-15(26)8-9(16(24)27)11(20)13(22)12(21)10(8)19/h1-3H,4H2,(H,23,25). The van der Waals surface area contributed by atoms with Crippen molar-refractivity contribution >= 4 is 93.0 Å². The quantitative estimate of drug-likeness (QED) is 0.336. The largest absolute Gasteiger partial charge is 0.322 e. The number of fused-ring (bicyclic) bond motifs is 1. The van der Waals surface area contributed by atoms with Crippen molar-refractivity contribution in [2.24, 2.45) is 0 Å². The van der Waals surface area contributed by atoms with Crippen LogP contribution < -0.4 is 5.32 Å². The molecule has 0 saturated carbocycles. The Hall–Kier alpha value is -1.21. The first-order chi connectivity index (χ1) is 12.6. The predicted octanol–water partition coefficient (Wildman–Crippen LogP) is 5.84. The fraction of sp³-hybridized carbons (Fsp3) is 0.0625. The van der Waals surface area contributed by atoms with E-state index < -0.39 is 24.3 Å². The molecule has 0 aromatic heterocycles. The molecule has 1 aliphatic rings. The molecule has 2 aromatic carbocycles. The van der Waals surface area contributed by atoms with Gasteiger partial charge in [-0.3, -0.25) is 19.3 Å². The summed E-state index contributed by atoms with van der Waals surface area (Å²) in [6.45, 7) is -0.615. The molecule has 0 radical (unpaired) electrons. The molecule has 1 heterocycles. The maximum atomic E-state index is 12.6. The predicted molar refractivity (Wildman–Crippen MR) is 107 cm³/mol. The van der Waals surface area contributed by atoms with E-state index in [2.05, 4.69) is 5.32 Å². The summed E-state index contributed by atoms with van der Waals surface area (Å²) in [6.07, 6.45) is 0. The smallest absolute Gasteiger partial charge is 0.263 e. The molecule has 27 heavy (non-hydrogen) atoms. The van der Waals surface area contributed by atoms with Crippen LogP contribution in [0.4, 0.5) is 5.69 Å². The van der Waals surface area contributed by atoms with Crippen LogP contribution in [0.25, 0.3) is 0 Å². The van der Waals surface area contributed by atoms with Gasteiger partial charge in [0.2, 0.25) is 5.91 Å². The number of hydrogen-bond donors (Lipinski definition) is 1. The zero-order chi connectivity index (χ0) is 20.0. The molecule has 3 rings (SSSR count). The molecule has 0 saturated heterocycles. The van der Waals surface area contributed by atoms with Crippen LogP contribution in [0.15, 0.2) is 18.2 Å². The number of halogens is 6. The van der Waals surface area contributed by atoms with E-state index in [1.807, 2.05) is 0 Å². The Bertz CT molecular complexity index is 957. The summed E-state index contributed by atoms with van der Waals surface area (Å²) in [7, 11) is 0. The van der Waals surface area contributed by atoms with Crippen molar-refractivity contribution in [1.29, 1.82) is 0 Å². The molecule has 1 aliphatic heterocycles. The van der Waals surface area contributed by atoms with Crippen LogP contribution in [-0.4, -0.2) is 29.2 Å². The van der Waals surface area contributed by atoms with Crippen LogP contribution in [-0.2, 0) is 4.79 Å². The van der Waals surface area contributed by atoms with Crippen LogP contribution in [0, 0.1) is 0 Å². The summed E-state index contributed by atoms with van der Waals surface area (Å²) in [5.74, 6) is -2.34. The van der Waals surface area contributed by atoms with Gasteiger partial charge in [-0.2, -0.15) is 0 Å². The highest BCUT2D eigenvalue weighted by molar-refractivity contribution is 6.55. The van der Waals surface area contributed by atoms with Crippen LogP contribution >= 0.6 is 69.6 Å². The Balaban J connectivity index is 1.90. The third-order valence-electron chi connectivity index (χ3n) is 3.71. The van der Waals surface area contributed by atoms with Gasteiger partial charge in [0.1, 0.15) is 6.54 Å². The number of anilines is 1. The number of para-hydroxylation sites is 1. The van der Waals surface area contributed by atoms with Crippen LogP contribution in [0.5, 0.6) is 0 Å². The van der Waals surface area contributed by atoms with Crippen molar-refractivity contribution in [3.05, 3.63) is 59.5 Å². The Labute approximate surface area is 183 Å². The minimum Gasteiger partial charge on any atom is -0.322 e. The van der Waals surface area contributed by atoms with E-state index in [0.29, 0.717) is 4.90 Å².